The van der Waals surface area contributed by atoms with Gasteiger partial charge in [0.15, 0.2) is 11.0 Å². The van der Waals surface area contributed by atoms with Gasteiger partial charge in [-0.15, -0.1) is 10.2 Å². The Bertz CT molecular complexity index is 1250. The molecule has 0 bridgehead atoms. The number of thioether (sulfide) groups is 1. The number of anilines is 1. The highest BCUT2D eigenvalue weighted by Crippen LogP contribution is 2.37. The van der Waals surface area contributed by atoms with E-state index in [2.05, 4.69) is 28.5 Å². The Labute approximate surface area is 192 Å². The Morgan fingerprint density at radius 3 is 2.38 bits per heavy atom. The van der Waals surface area contributed by atoms with Gasteiger partial charge in [-0.1, -0.05) is 78.5 Å². The van der Waals surface area contributed by atoms with E-state index in [0.29, 0.717) is 5.16 Å². The van der Waals surface area contributed by atoms with Gasteiger partial charge in [-0.05, 0) is 49.1 Å². The van der Waals surface area contributed by atoms with Crippen molar-refractivity contribution in [2.24, 2.45) is 7.05 Å². The summed E-state index contributed by atoms with van der Waals surface area (Å²) in [5.74, 6) is 0.697. The molecule has 162 valence electrons. The fraction of sp³-hybridized carbons (Fsp3) is 0.192. The molecule has 0 radical (unpaired) electrons. The zero-order valence-corrected chi connectivity index (χ0v) is 19.5. The minimum Gasteiger partial charge on any atom is -0.325 e. The summed E-state index contributed by atoms with van der Waals surface area (Å²) in [6.45, 7) is 6.07. The zero-order chi connectivity index (χ0) is 22.7. The summed E-state index contributed by atoms with van der Waals surface area (Å²) < 4.78 is 1.95. The second-order valence-electron chi connectivity index (χ2n) is 7.90. The first-order valence-corrected chi connectivity index (χ1v) is 11.4. The van der Waals surface area contributed by atoms with Crippen LogP contribution >= 0.6 is 11.8 Å². The van der Waals surface area contributed by atoms with Crippen molar-refractivity contribution in [1.29, 1.82) is 0 Å². The molecule has 4 aromatic rings. The third-order valence-corrected chi connectivity index (χ3v) is 6.72. The van der Waals surface area contributed by atoms with Gasteiger partial charge < -0.3 is 9.88 Å². The number of benzene rings is 3. The topological polar surface area (TPSA) is 59.8 Å². The van der Waals surface area contributed by atoms with E-state index in [1.165, 1.54) is 11.8 Å². The summed E-state index contributed by atoms with van der Waals surface area (Å²) in [7, 11) is 1.94. The van der Waals surface area contributed by atoms with Crippen molar-refractivity contribution in [2.45, 2.75) is 31.2 Å². The van der Waals surface area contributed by atoms with E-state index in [-0.39, 0.29) is 5.91 Å². The van der Waals surface area contributed by atoms with Crippen LogP contribution in [-0.2, 0) is 11.8 Å². The zero-order valence-electron chi connectivity index (χ0n) is 18.7. The molecular weight excluding hydrogens is 416 g/mol. The van der Waals surface area contributed by atoms with Gasteiger partial charge in [-0.25, -0.2) is 0 Å². The molecular formula is C26H26N4OS. The van der Waals surface area contributed by atoms with Gasteiger partial charge in [0.2, 0.25) is 5.91 Å². The van der Waals surface area contributed by atoms with E-state index in [1.807, 2.05) is 92.2 Å². The lowest BCUT2D eigenvalue weighted by Gasteiger charge is -2.18. The van der Waals surface area contributed by atoms with Crippen LogP contribution in [0.3, 0.4) is 0 Å². The van der Waals surface area contributed by atoms with E-state index in [1.54, 1.807) is 0 Å². The number of rotatable bonds is 6. The summed E-state index contributed by atoms with van der Waals surface area (Å²) in [5.41, 5.74) is 6.04. The van der Waals surface area contributed by atoms with Crippen LogP contribution in [-0.4, -0.2) is 20.7 Å². The summed E-state index contributed by atoms with van der Waals surface area (Å²) in [5, 5.41) is 12.2. The minimum absolute atomic E-state index is 0.0876. The molecule has 1 N–H and O–H groups in total. The lowest BCUT2D eigenvalue weighted by atomic mass is 10.1. The van der Waals surface area contributed by atoms with Crippen LogP contribution < -0.4 is 5.32 Å². The van der Waals surface area contributed by atoms with Crippen LogP contribution in [0.4, 0.5) is 5.69 Å². The van der Waals surface area contributed by atoms with Crippen LogP contribution in [0.25, 0.3) is 11.4 Å². The third kappa shape index (κ3) is 4.60. The molecule has 3 aromatic carbocycles. The quantitative estimate of drug-likeness (QED) is 0.379. The number of carbonyl (C=O) groups excluding carboxylic acids is 1. The van der Waals surface area contributed by atoms with Crippen molar-refractivity contribution in [3.8, 4) is 11.4 Å². The van der Waals surface area contributed by atoms with Crippen LogP contribution in [0.5, 0.6) is 0 Å². The van der Waals surface area contributed by atoms with E-state index in [9.17, 15) is 4.79 Å². The number of carbonyl (C=O) groups is 1. The molecule has 6 heteroatoms. The molecule has 4 rings (SSSR count). The Hall–Kier alpha value is -3.38. The summed E-state index contributed by atoms with van der Waals surface area (Å²) in [4.78, 5) is 13.4. The maximum absolute atomic E-state index is 13.4. The normalized spacial score (nSPS) is 11.9. The number of aryl methyl sites for hydroxylation is 3. The predicted octanol–water partition coefficient (Wildman–Crippen LogP) is 5.88. The molecule has 0 fully saturated rings. The third-order valence-electron chi connectivity index (χ3n) is 5.44. The molecule has 0 aliphatic heterocycles. The molecule has 1 atom stereocenters. The number of hydrogen-bond donors (Lipinski definition) is 1. The van der Waals surface area contributed by atoms with E-state index >= 15 is 0 Å². The Morgan fingerprint density at radius 2 is 1.62 bits per heavy atom. The van der Waals surface area contributed by atoms with E-state index in [4.69, 9.17) is 0 Å². The van der Waals surface area contributed by atoms with Gasteiger partial charge in [0, 0.05) is 18.3 Å². The Balaban J connectivity index is 1.66. The molecule has 1 aromatic heterocycles. The molecule has 5 nitrogen and oxygen atoms in total. The molecule has 1 heterocycles. The highest BCUT2D eigenvalue weighted by Gasteiger charge is 2.26. The maximum Gasteiger partial charge on any atom is 0.242 e. The lowest BCUT2D eigenvalue weighted by Crippen LogP contribution is -2.20. The molecule has 1 unspecified atom stereocenters. The van der Waals surface area contributed by atoms with Crippen molar-refractivity contribution in [3.05, 3.63) is 95.1 Å². The first-order valence-electron chi connectivity index (χ1n) is 10.5. The molecule has 1 amide bonds. The molecule has 0 saturated heterocycles. The van der Waals surface area contributed by atoms with Crippen molar-refractivity contribution < 1.29 is 4.79 Å². The Morgan fingerprint density at radius 1 is 0.906 bits per heavy atom. The van der Waals surface area contributed by atoms with Gasteiger partial charge in [-0.2, -0.15) is 0 Å². The van der Waals surface area contributed by atoms with Gasteiger partial charge >= 0.3 is 0 Å². The van der Waals surface area contributed by atoms with Crippen LogP contribution in [0, 0.1) is 20.8 Å². The lowest BCUT2D eigenvalue weighted by molar-refractivity contribution is -0.115. The summed E-state index contributed by atoms with van der Waals surface area (Å²) in [6, 6.07) is 23.9. The number of aromatic nitrogens is 3. The second-order valence-corrected chi connectivity index (χ2v) is 8.97. The second kappa shape index (κ2) is 9.40. The number of amides is 1. The van der Waals surface area contributed by atoms with Gasteiger partial charge in [0.25, 0.3) is 0 Å². The standard InChI is InChI=1S/C26H26N4OS/c1-17-14-15-19(3)22(16-17)27-25(31)23(20-11-6-5-7-12-20)32-26-29-28-24(30(26)4)21-13-9-8-10-18(21)2/h5-16,23H,1-4H3,(H,27,31). The van der Waals surface area contributed by atoms with Crippen LogP contribution in [0.1, 0.15) is 27.5 Å². The van der Waals surface area contributed by atoms with Crippen molar-refractivity contribution in [1.82, 2.24) is 14.8 Å². The average Bonchev–Trinajstić information content (AvgIpc) is 3.15. The van der Waals surface area contributed by atoms with E-state index in [0.717, 1.165) is 39.3 Å². The first kappa shape index (κ1) is 21.8. The smallest absolute Gasteiger partial charge is 0.242 e. The molecule has 0 aliphatic carbocycles. The maximum atomic E-state index is 13.4. The molecule has 0 aliphatic rings. The number of nitrogens with one attached hydrogen (secondary N) is 1. The predicted molar refractivity (Wildman–Crippen MR) is 131 cm³/mol. The minimum atomic E-state index is -0.469. The number of hydrogen-bond acceptors (Lipinski definition) is 4. The summed E-state index contributed by atoms with van der Waals surface area (Å²) >= 11 is 1.40. The van der Waals surface area contributed by atoms with Crippen molar-refractivity contribution in [2.75, 3.05) is 5.32 Å². The van der Waals surface area contributed by atoms with Gasteiger partial charge in [-0.3, -0.25) is 4.79 Å². The molecule has 0 saturated carbocycles. The first-order chi connectivity index (χ1) is 15.4. The Kier molecular flexibility index (Phi) is 6.42. The molecule has 0 spiro atoms. The monoisotopic (exact) mass is 442 g/mol. The largest absolute Gasteiger partial charge is 0.325 e. The van der Waals surface area contributed by atoms with Crippen LogP contribution in [0.2, 0.25) is 0 Å². The summed E-state index contributed by atoms with van der Waals surface area (Å²) in [6.07, 6.45) is 0. The van der Waals surface area contributed by atoms with E-state index < -0.39 is 5.25 Å². The van der Waals surface area contributed by atoms with Gasteiger partial charge in [0.1, 0.15) is 5.25 Å². The average molecular weight is 443 g/mol. The number of nitrogens with zero attached hydrogens (tertiary/aromatic N) is 3. The highest BCUT2D eigenvalue weighted by atomic mass is 32.2. The fourth-order valence-electron chi connectivity index (χ4n) is 3.55. The van der Waals surface area contributed by atoms with Crippen molar-refractivity contribution in [3.63, 3.8) is 0 Å². The van der Waals surface area contributed by atoms with Crippen LogP contribution in [0.15, 0.2) is 78.0 Å². The fourth-order valence-corrected chi connectivity index (χ4v) is 4.55. The van der Waals surface area contributed by atoms with Crippen molar-refractivity contribution >= 4 is 23.4 Å². The highest BCUT2D eigenvalue weighted by molar-refractivity contribution is 8.00. The molecule has 32 heavy (non-hydrogen) atoms. The SMILES string of the molecule is Cc1ccc(C)c(NC(=O)C(Sc2nnc(-c3ccccc3C)n2C)c2ccccc2)c1. The van der Waals surface area contributed by atoms with Gasteiger partial charge in [0.05, 0.1) is 0 Å².